The van der Waals surface area contributed by atoms with Crippen molar-refractivity contribution in [2.45, 2.75) is 6.61 Å². The lowest BCUT2D eigenvalue weighted by Crippen LogP contribution is -2.44. The molecule has 108 valence electrons. The van der Waals surface area contributed by atoms with Crippen molar-refractivity contribution in [3.63, 3.8) is 0 Å². The van der Waals surface area contributed by atoms with E-state index in [1.54, 1.807) is 30.3 Å². The van der Waals surface area contributed by atoms with Gasteiger partial charge in [0.15, 0.2) is 0 Å². The number of rotatable bonds is 7. The van der Waals surface area contributed by atoms with Gasteiger partial charge in [0.1, 0.15) is 19.7 Å². The monoisotopic (exact) mass is 282 g/mol. The van der Waals surface area contributed by atoms with E-state index in [1.165, 1.54) is 0 Å². The van der Waals surface area contributed by atoms with Gasteiger partial charge in [0.2, 0.25) is 0 Å². The van der Waals surface area contributed by atoms with Crippen molar-refractivity contribution in [1.82, 2.24) is 10.4 Å². The first kappa shape index (κ1) is 15.4. The second-order valence-electron chi connectivity index (χ2n) is 3.74. The number of hydrogen-bond acceptors (Lipinski definition) is 4. The minimum atomic E-state index is -1.27. The summed E-state index contributed by atoms with van der Waals surface area (Å²) >= 11 is 0. The summed E-state index contributed by atoms with van der Waals surface area (Å²) in [6, 6.07) is 7.90. The highest BCUT2D eigenvalue weighted by atomic mass is 16.7. The normalized spacial score (nSPS) is 9.80. The summed E-state index contributed by atoms with van der Waals surface area (Å²) in [7, 11) is 0. The second kappa shape index (κ2) is 7.74. The molecule has 0 aliphatic carbocycles. The molecule has 20 heavy (non-hydrogen) atoms. The second-order valence-corrected chi connectivity index (χ2v) is 3.74. The summed E-state index contributed by atoms with van der Waals surface area (Å²) in [5, 5.41) is 19.7. The van der Waals surface area contributed by atoms with Crippen molar-refractivity contribution >= 4 is 18.0 Å². The number of hydroxylamine groups is 2. The highest BCUT2D eigenvalue weighted by molar-refractivity contribution is 5.82. The van der Waals surface area contributed by atoms with Crippen molar-refractivity contribution in [2.75, 3.05) is 13.1 Å². The Morgan fingerprint density at radius 2 is 1.75 bits per heavy atom. The lowest BCUT2D eigenvalue weighted by atomic mass is 10.2. The molecule has 0 atom stereocenters. The van der Waals surface area contributed by atoms with Gasteiger partial charge >= 0.3 is 18.0 Å². The Bertz CT molecular complexity index is 476. The number of benzene rings is 1. The molecule has 8 nitrogen and oxygen atoms in total. The molecule has 0 unspecified atom stereocenters. The van der Waals surface area contributed by atoms with Crippen molar-refractivity contribution in [3.8, 4) is 0 Å². The van der Waals surface area contributed by atoms with E-state index < -0.39 is 31.1 Å². The average molecular weight is 282 g/mol. The van der Waals surface area contributed by atoms with Crippen LogP contribution in [0.15, 0.2) is 30.3 Å². The van der Waals surface area contributed by atoms with Crippen molar-refractivity contribution < 1.29 is 29.4 Å². The zero-order valence-electron chi connectivity index (χ0n) is 10.5. The van der Waals surface area contributed by atoms with Crippen LogP contribution >= 0.6 is 0 Å². The van der Waals surface area contributed by atoms with Gasteiger partial charge in [0, 0.05) is 0 Å². The number of carboxylic acid groups (broad SMARTS) is 2. The minimum Gasteiger partial charge on any atom is -0.480 e. The Kier molecular flexibility index (Phi) is 5.98. The highest BCUT2D eigenvalue weighted by Gasteiger charge is 2.18. The summed E-state index contributed by atoms with van der Waals surface area (Å²) in [4.78, 5) is 37.6. The molecular formula is C12H14N2O6. The molecule has 0 heterocycles. The molecule has 1 rings (SSSR count). The predicted octanol–water partition coefficient (Wildman–Crippen LogP) is 0.299. The molecule has 1 aromatic rings. The molecule has 2 amide bonds. The molecule has 0 aliphatic heterocycles. The summed E-state index contributed by atoms with van der Waals surface area (Å²) in [5.74, 6) is -2.51. The number of urea groups is 1. The van der Waals surface area contributed by atoms with Crippen molar-refractivity contribution in [3.05, 3.63) is 35.9 Å². The van der Waals surface area contributed by atoms with Crippen molar-refractivity contribution in [1.29, 1.82) is 0 Å². The third kappa shape index (κ3) is 5.83. The lowest BCUT2D eigenvalue weighted by molar-refractivity contribution is -0.160. The Hall–Kier alpha value is -2.61. The topological polar surface area (TPSA) is 116 Å². The Morgan fingerprint density at radius 3 is 2.30 bits per heavy atom. The van der Waals surface area contributed by atoms with Gasteiger partial charge in [-0.1, -0.05) is 30.3 Å². The molecule has 3 N–H and O–H groups in total. The van der Waals surface area contributed by atoms with E-state index in [0.717, 1.165) is 5.56 Å². The first-order valence-corrected chi connectivity index (χ1v) is 5.65. The van der Waals surface area contributed by atoms with Crippen LogP contribution in [0, 0.1) is 0 Å². The molecule has 0 saturated heterocycles. The number of nitrogens with one attached hydrogen (secondary N) is 1. The largest absolute Gasteiger partial charge is 0.480 e. The standard InChI is InChI=1S/C12H14N2O6/c15-10(16)6-13-12(19)14(7-11(17)18)20-8-9-4-2-1-3-5-9/h1-5H,6-8H2,(H,13,19)(H,15,16)(H,17,18). The fourth-order valence-electron chi connectivity index (χ4n) is 1.27. The third-order valence-corrected chi connectivity index (χ3v) is 2.13. The van der Waals surface area contributed by atoms with Crippen LogP contribution in [0.3, 0.4) is 0 Å². The van der Waals surface area contributed by atoms with Gasteiger partial charge in [0.05, 0.1) is 0 Å². The van der Waals surface area contributed by atoms with E-state index in [9.17, 15) is 14.4 Å². The minimum absolute atomic E-state index is 0.00535. The first-order valence-electron chi connectivity index (χ1n) is 5.65. The van der Waals surface area contributed by atoms with Crippen LogP contribution in [0.5, 0.6) is 0 Å². The highest BCUT2D eigenvalue weighted by Crippen LogP contribution is 2.03. The van der Waals surface area contributed by atoms with E-state index in [0.29, 0.717) is 5.06 Å². The van der Waals surface area contributed by atoms with E-state index in [2.05, 4.69) is 0 Å². The molecule has 0 radical (unpaired) electrons. The Labute approximate surface area is 114 Å². The van der Waals surface area contributed by atoms with E-state index >= 15 is 0 Å². The molecule has 0 fully saturated rings. The third-order valence-electron chi connectivity index (χ3n) is 2.13. The van der Waals surface area contributed by atoms with Gasteiger partial charge in [-0.25, -0.2) is 4.79 Å². The zero-order chi connectivity index (χ0) is 15.0. The maximum Gasteiger partial charge on any atom is 0.342 e. The van der Waals surface area contributed by atoms with E-state index in [1.807, 2.05) is 5.32 Å². The molecular weight excluding hydrogens is 268 g/mol. The average Bonchev–Trinajstić information content (AvgIpc) is 2.41. The van der Waals surface area contributed by atoms with Crippen LogP contribution in [-0.2, 0) is 21.0 Å². The number of nitrogens with zero attached hydrogens (tertiary/aromatic N) is 1. The number of carboxylic acids is 2. The maximum atomic E-state index is 11.6. The van der Waals surface area contributed by atoms with Crippen LogP contribution in [0.25, 0.3) is 0 Å². The fourth-order valence-corrected chi connectivity index (χ4v) is 1.27. The summed E-state index contributed by atoms with van der Waals surface area (Å²) < 4.78 is 0. The van der Waals surface area contributed by atoms with Gasteiger partial charge in [-0.05, 0) is 5.56 Å². The van der Waals surface area contributed by atoms with Gasteiger partial charge in [-0.15, -0.1) is 0 Å². The van der Waals surface area contributed by atoms with Gasteiger partial charge in [0.25, 0.3) is 0 Å². The smallest absolute Gasteiger partial charge is 0.342 e. The van der Waals surface area contributed by atoms with Gasteiger partial charge in [-0.3, -0.25) is 14.4 Å². The summed E-state index contributed by atoms with van der Waals surface area (Å²) in [5.41, 5.74) is 0.744. The van der Waals surface area contributed by atoms with Crippen LogP contribution in [-0.4, -0.2) is 46.3 Å². The summed E-state index contributed by atoms with van der Waals surface area (Å²) in [6.45, 7) is -1.32. The quantitative estimate of drug-likeness (QED) is 0.619. The van der Waals surface area contributed by atoms with Crippen LogP contribution in [0.1, 0.15) is 5.56 Å². The van der Waals surface area contributed by atoms with Crippen LogP contribution in [0.4, 0.5) is 4.79 Å². The van der Waals surface area contributed by atoms with Crippen molar-refractivity contribution in [2.24, 2.45) is 0 Å². The zero-order valence-corrected chi connectivity index (χ0v) is 10.5. The van der Waals surface area contributed by atoms with E-state index in [4.69, 9.17) is 15.1 Å². The molecule has 1 aromatic carbocycles. The SMILES string of the molecule is O=C(O)CNC(=O)N(CC(=O)O)OCc1ccccc1. The number of carbonyl (C=O) groups is 3. The number of hydrogen-bond donors (Lipinski definition) is 3. The van der Waals surface area contributed by atoms with Crippen LogP contribution in [0.2, 0.25) is 0 Å². The van der Waals surface area contributed by atoms with Gasteiger partial charge in [-0.2, -0.15) is 5.06 Å². The number of aliphatic carboxylic acids is 2. The maximum absolute atomic E-state index is 11.6. The predicted molar refractivity (Wildman–Crippen MR) is 66.6 cm³/mol. The Balaban J connectivity index is 2.57. The fraction of sp³-hybridized carbons (Fsp3) is 0.250. The number of amides is 2. The van der Waals surface area contributed by atoms with E-state index in [-0.39, 0.29) is 6.61 Å². The Morgan fingerprint density at radius 1 is 1.10 bits per heavy atom. The molecule has 0 bridgehead atoms. The molecule has 8 heteroatoms. The lowest BCUT2D eigenvalue weighted by Gasteiger charge is -2.20. The molecule has 0 saturated carbocycles. The van der Waals surface area contributed by atoms with Crippen LogP contribution < -0.4 is 5.32 Å². The first-order chi connectivity index (χ1) is 9.49. The van der Waals surface area contributed by atoms with Gasteiger partial charge < -0.3 is 15.5 Å². The number of carbonyl (C=O) groups excluding carboxylic acids is 1. The summed E-state index contributed by atoms with van der Waals surface area (Å²) in [6.07, 6.45) is 0. The molecule has 0 aliphatic rings. The molecule has 0 aromatic heterocycles. The molecule has 0 spiro atoms.